The molecule has 3 aromatic rings. The molecule has 3 N–H and O–H groups in total. The highest BCUT2D eigenvalue weighted by molar-refractivity contribution is 6.08. The molecule has 0 spiro atoms. The summed E-state index contributed by atoms with van der Waals surface area (Å²) in [6.07, 6.45) is 2.49. The van der Waals surface area contributed by atoms with Crippen LogP contribution in [-0.4, -0.2) is 21.8 Å². The smallest absolute Gasteiger partial charge is 0.0897 e. The highest BCUT2D eigenvalue weighted by Crippen LogP contribution is 2.37. The summed E-state index contributed by atoms with van der Waals surface area (Å²) in [5, 5.41) is 13.1. The van der Waals surface area contributed by atoms with Crippen molar-refractivity contribution in [2.45, 2.75) is 37.5 Å². The van der Waals surface area contributed by atoms with E-state index < -0.39 is 6.10 Å². The lowest BCUT2D eigenvalue weighted by Gasteiger charge is -2.34. The van der Waals surface area contributed by atoms with Crippen molar-refractivity contribution >= 4 is 21.8 Å². The van der Waals surface area contributed by atoms with Crippen LogP contribution in [0.4, 0.5) is 0 Å². The Kier molecular flexibility index (Phi) is 2.98. The molecule has 1 heterocycles. The summed E-state index contributed by atoms with van der Waals surface area (Å²) in [4.78, 5) is 0. The topological polar surface area (TPSA) is 51.2 Å². The summed E-state index contributed by atoms with van der Waals surface area (Å²) in [6.45, 7) is 0. The normalized spacial score (nSPS) is 26.5. The first-order valence-electron chi connectivity index (χ1n) is 7.68. The molecule has 0 saturated heterocycles. The molecule has 1 aliphatic carbocycles. The molecule has 4 rings (SSSR count). The predicted molar refractivity (Wildman–Crippen MR) is 86.3 cm³/mol. The Hall–Kier alpha value is -1.84. The molecule has 108 valence electrons. The lowest BCUT2D eigenvalue weighted by molar-refractivity contribution is 0.0606. The fourth-order valence-electron chi connectivity index (χ4n) is 3.78. The third-order valence-electron chi connectivity index (χ3n) is 4.82. The standard InChI is InChI=1S/C18H20N2O/c19-14-8-5-11-17(18(14)21)20-15-9-3-1-6-12(15)13-7-2-4-10-16(13)20/h1-4,6-7,9-10,14,17-18,21H,5,8,11,19H2/t14-,17+,18+/m0/s1. The van der Waals surface area contributed by atoms with Crippen LogP contribution in [0.25, 0.3) is 21.8 Å². The zero-order valence-corrected chi connectivity index (χ0v) is 11.9. The maximum atomic E-state index is 10.6. The Morgan fingerprint density at radius 3 is 2.10 bits per heavy atom. The lowest BCUT2D eigenvalue weighted by Crippen LogP contribution is -2.44. The molecule has 21 heavy (non-hydrogen) atoms. The molecule has 1 aromatic heterocycles. The minimum Gasteiger partial charge on any atom is -0.389 e. The van der Waals surface area contributed by atoms with E-state index in [0.717, 1.165) is 19.3 Å². The molecule has 2 aromatic carbocycles. The second-order valence-electron chi connectivity index (χ2n) is 6.06. The Balaban J connectivity index is 2.01. The fourth-order valence-corrected chi connectivity index (χ4v) is 3.78. The number of rotatable bonds is 1. The molecule has 1 saturated carbocycles. The van der Waals surface area contributed by atoms with Crippen molar-refractivity contribution in [1.29, 1.82) is 0 Å². The van der Waals surface area contributed by atoms with Gasteiger partial charge in [-0.3, -0.25) is 0 Å². The molecule has 1 fully saturated rings. The van der Waals surface area contributed by atoms with E-state index >= 15 is 0 Å². The van der Waals surface area contributed by atoms with Crippen LogP contribution >= 0.6 is 0 Å². The van der Waals surface area contributed by atoms with Crippen LogP contribution in [-0.2, 0) is 0 Å². The Bertz CT molecular complexity index is 739. The average molecular weight is 280 g/mol. The van der Waals surface area contributed by atoms with Crippen molar-refractivity contribution in [2.75, 3.05) is 0 Å². The van der Waals surface area contributed by atoms with E-state index in [1.807, 2.05) is 0 Å². The molecule has 0 bridgehead atoms. The van der Waals surface area contributed by atoms with Crippen molar-refractivity contribution in [3.8, 4) is 0 Å². The molecular formula is C18H20N2O. The summed E-state index contributed by atoms with van der Waals surface area (Å²) in [5.74, 6) is 0. The number of fused-ring (bicyclic) bond motifs is 3. The predicted octanol–water partition coefficient (Wildman–Crippen LogP) is 3.21. The van der Waals surface area contributed by atoms with Crippen molar-refractivity contribution in [2.24, 2.45) is 5.73 Å². The first-order valence-corrected chi connectivity index (χ1v) is 7.68. The van der Waals surface area contributed by atoms with Crippen molar-refractivity contribution in [3.63, 3.8) is 0 Å². The molecule has 3 atom stereocenters. The zero-order chi connectivity index (χ0) is 14.4. The lowest BCUT2D eigenvalue weighted by atomic mass is 9.88. The molecule has 3 nitrogen and oxygen atoms in total. The second kappa shape index (κ2) is 4.86. The molecule has 0 unspecified atom stereocenters. The number of benzene rings is 2. The molecule has 0 amide bonds. The first kappa shape index (κ1) is 12.9. The van der Waals surface area contributed by atoms with E-state index in [9.17, 15) is 5.11 Å². The SMILES string of the molecule is N[C@H]1CCC[C@@H](n2c3ccccc3c3ccccc32)[C@@H]1O. The number of hydrogen-bond donors (Lipinski definition) is 2. The van der Waals surface area contributed by atoms with E-state index in [4.69, 9.17) is 5.73 Å². The van der Waals surface area contributed by atoms with Gasteiger partial charge in [-0.2, -0.15) is 0 Å². The van der Waals surface area contributed by atoms with Crippen LogP contribution in [0, 0.1) is 0 Å². The van der Waals surface area contributed by atoms with Gasteiger partial charge in [-0.25, -0.2) is 0 Å². The summed E-state index contributed by atoms with van der Waals surface area (Å²) < 4.78 is 2.30. The summed E-state index contributed by atoms with van der Waals surface area (Å²) in [7, 11) is 0. The minimum atomic E-state index is -0.474. The Morgan fingerprint density at radius 1 is 0.905 bits per heavy atom. The quantitative estimate of drug-likeness (QED) is 0.719. The summed E-state index contributed by atoms with van der Waals surface area (Å²) in [6, 6.07) is 16.8. The largest absolute Gasteiger partial charge is 0.389 e. The number of para-hydroxylation sites is 2. The van der Waals surface area contributed by atoms with Gasteiger partial charge in [0.1, 0.15) is 0 Å². The van der Waals surface area contributed by atoms with Gasteiger partial charge < -0.3 is 15.4 Å². The average Bonchev–Trinajstić information content (AvgIpc) is 2.85. The maximum Gasteiger partial charge on any atom is 0.0897 e. The second-order valence-corrected chi connectivity index (χ2v) is 6.06. The van der Waals surface area contributed by atoms with Gasteiger partial charge in [-0.05, 0) is 31.4 Å². The van der Waals surface area contributed by atoms with E-state index in [1.54, 1.807) is 0 Å². The van der Waals surface area contributed by atoms with Crippen molar-refractivity contribution in [3.05, 3.63) is 48.5 Å². The minimum absolute atomic E-state index is 0.0681. The van der Waals surface area contributed by atoms with E-state index in [-0.39, 0.29) is 12.1 Å². The van der Waals surface area contributed by atoms with Crippen molar-refractivity contribution < 1.29 is 5.11 Å². The highest BCUT2D eigenvalue weighted by Gasteiger charge is 2.32. The van der Waals surface area contributed by atoms with Gasteiger partial charge in [-0.15, -0.1) is 0 Å². The third-order valence-corrected chi connectivity index (χ3v) is 4.82. The molecule has 0 radical (unpaired) electrons. The van der Waals surface area contributed by atoms with Crippen LogP contribution in [0.3, 0.4) is 0 Å². The first-order chi connectivity index (χ1) is 10.3. The van der Waals surface area contributed by atoms with Crippen LogP contribution in [0.1, 0.15) is 25.3 Å². The van der Waals surface area contributed by atoms with Gasteiger partial charge in [0, 0.05) is 27.8 Å². The van der Waals surface area contributed by atoms with E-state index in [2.05, 4.69) is 53.1 Å². The molecular weight excluding hydrogens is 260 g/mol. The fraction of sp³-hybridized carbons (Fsp3) is 0.333. The van der Waals surface area contributed by atoms with E-state index in [0.29, 0.717) is 0 Å². The maximum absolute atomic E-state index is 10.6. The van der Waals surface area contributed by atoms with Gasteiger partial charge in [-0.1, -0.05) is 36.4 Å². The zero-order valence-electron chi connectivity index (χ0n) is 11.9. The number of hydrogen-bond acceptors (Lipinski definition) is 2. The number of nitrogens with zero attached hydrogens (tertiary/aromatic N) is 1. The number of aromatic nitrogens is 1. The Morgan fingerprint density at radius 2 is 1.48 bits per heavy atom. The van der Waals surface area contributed by atoms with Gasteiger partial charge in [0.25, 0.3) is 0 Å². The van der Waals surface area contributed by atoms with Gasteiger partial charge in [0.2, 0.25) is 0 Å². The van der Waals surface area contributed by atoms with Crippen molar-refractivity contribution in [1.82, 2.24) is 4.57 Å². The summed E-state index contributed by atoms with van der Waals surface area (Å²) >= 11 is 0. The number of aliphatic hydroxyl groups excluding tert-OH is 1. The summed E-state index contributed by atoms with van der Waals surface area (Å²) in [5.41, 5.74) is 8.48. The van der Waals surface area contributed by atoms with Gasteiger partial charge in [0.15, 0.2) is 0 Å². The molecule has 3 heteroatoms. The number of nitrogens with two attached hydrogens (primary N) is 1. The third kappa shape index (κ3) is 1.88. The number of aliphatic hydroxyl groups is 1. The molecule has 1 aliphatic rings. The highest BCUT2D eigenvalue weighted by atomic mass is 16.3. The van der Waals surface area contributed by atoms with Crippen LogP contribution < -0.4 is 5.73 Å². The van der Waals surface area contributed by atoms with Crippen LogP contribution in [0.2, 0.25) is 0 Å². The van der Waals surface area contributed by atoms with Crippen LogP contribution in [0.5, 0.6) is 0 Å². The van der Waals surface area contributed by atoms with Gasteiger partial charge >= 0.3 is 0 Å². The Labute approximate surface area is 124 Å². The monoisotopic (exact) mass is 280 g/mol. The van der Waals surface area contributed by atoms with E-state index in [1.165, 1.54) is 21.8 Å². The van der Waals surface area contributed by atoms with Gasteiger partial charge in [0.05, 0.1) is 12.1 Å². The molecule has 0 aliphatic heterocycles. The van der Waals surface area contributed by atoms with Crippen LogP contribution in [0.15, 0.2) is 48.5 Å².